The van der Waals surface area contributed by atoms with E-state index in [0.29, 0.717) is 0 Å². The number of benzene rings is 2. The van der Waals surface area contributed by atoms with Gasteiger partial charge in [-0.2, -0.15) is 0 Å². The summed E-state index contributed by atoms with van der Waals surface area (Å²) < 4.78 is 0. The van der Waals surface area contributed by atoms with Crippen molar-refractivity contribution in [1.82, 2.24) is 4.98 Å². The first-order valence-electron chi connectivity index (χ1n) is 7.52. The van der Waals surface area contributed by atoms with E-state index in [9.17, 15) is 0 Å². The molecule has 1 N–H and O–H groups in total. The fourth-order valence-electron chi connectivity index (χ4n) is 2.48. The van der Waals surface area contributed by atoms with Gasteiger partial charge in [-0.25, -0.2) is 0 Å². The van der Waals surface area contributed by atoms with Gasteiger partial charge in [0.25, 0.3) is 0 Å². The number of aromatic nitrogens is 1. The summed E-state index contributed by atoms with van der Waals surface area (Å²) in [6, 6.07) is 21.1. The number of hydrogen-bond donors (Lipinski definition) is 1. The van der Waals surface area contributed by atoms with Gasteiger partial charge in [-0.05, 0) is 36.2 Å². The van der Waals surface area contributed by atoms with E-state index in [2.05, 4.69) is 65.8 Å². The quantitative estimate of drug-likeness (QED) is 0.724. The van der Waals surface area contributed by atoms with Crippen LogP contribution in [0.3, 0.4) is 0 Å². The minimum atomic E-state index is 0.748. The van der Waals surface area contributed by atoms with Crippen molar-refractivity contribution < 1.29 is 0 Å². The maximum absolute atomic E-state index is 4.67. The largest absolute Gasteiger partial charge is 0.379 e. The van der Waals surface area contributed by atoms with Crippen LogP contribution >= 0.6 is 0 Å². The van der Waals surface area contributed by atoms with E-state index < -0.39 is 0 Å². The van der Waals surface area contributed by atoms with Gasteiger partial charge in [0, 0.05) is 11.1 Å². The first kappa shape index (κ1) is 13.6. The van der Waals surface area contributed by atoms with Crippen LogP contribution in [0.5, 0.6) is 0 Å². The molecule has 0 saturated heterocycles. The average Bonchev–Trinajstić information content (AvgIpc) is 2.54. The smallest absolute Gasteiger partial charge is 0.0706 e. The van der Waals surface area contributed by atoms with Crippen LogP contribution in [0.2, 0.25) is 0 Å². The zero-order chi connectivity index (χ0) is 14.5. The Balaban J connectivity index is 1.68. The zero-order valence-corrected chi connectivity index (χ0v) is 12.3. The van der Waals surface area contributed by atoms with Gasteiger partial charge >= 0.3 is 0 Å². The summed E-state index contributed by atoms with van der Waals surface area (Å²) in [5.74, 6) is 0. The predicted molar refractivity (Wildman–Crippen MR) is 89.5 cm³/mol. The van der Waals surface area contributed by atoms with Crippen LogP contribution in [0.1, 0.15) is 24.6 Å². The van der Waals surface area contributed by atoms with Crippen molar-refractivity contribution in [2.45, 2.75) is 26.3 Å². The first-order valence-corrected chi connectivity index (χ1v) is 7.52. The number of nitrogens with zero attached hydrogens (tertiary/aromatic N) is 1. The number of rotatable bonds is 5. The number of anilines is 1. The number of pyridine rings is 1. The van der Waals surface area contributed by atoms with Gasteiger partial charge < -0.3 is 5.32 Å². The molecule has 2 nitrogen and oxygen atoms in total. The lowest BCUT2D eigenvalue weighted by molar-refractivity contribution is 0.921. The minimum Gasteiger partial charge on any atom is -0.379 e. The highest BCUT2D eigenvalue weighted by molar-refractivity contribution is 5.78. The average molecular weight is 276 g/mol. The maximum atomic E-state index is 4.67. The van der Waals surface area contributed by atoms with Crippen molar-refractivity contribution in [2.75, 3.05) is 5.32 Å². The summed E-state index contributed by atoms with van der Waals surface area (Å²) in [6.45, 7) is 2.95. The van der Waals surface area contributed by atoms with Crippen LogP contribution < -0.4 is 5.32 Å². The summed E-state index contributed by atoms with van der Waals surface area (Å²) in [6.07, 6.45) is 2.33. The molecule has 0 unspecified atom stereocenters. The van der Waals surface area contributed by atoms with Gasteiger partial charge in [0.2, 0.25) is 0 Å². The van der Waals surface area contributed by atoms with Gasteiger partial charge in [0.15, 0.2) is 0 Å². The Morgan fingerprint density at radius 2 is 1.71 bits per heavy atom. The van der Waals surface area contributed by atoms with E-state index >= 15 is 0 Å². The lowest BCUT2D eigenvalue weighted by Gasteiger charge is -2.08. The molecule has 3 aromatic rings. The summed E-state index contributed by atoms with van der Waals surface area (Å²) in [5, 5.41) is 4.62. The van der Waals surface area contributed by atoms with Crippen LogP contribution in [-0.4, -0.2) is 4.98 Å². The Morgan fingerprint density at radius 1 is 0.905 bits per heavy atom. The molecule has 0 saturated carbocycles. The van der Waals surface area contributed by atoms with Crippen LogP contribution in [-0.2, 0) is 13.0 Å². The van der Waals surface area contributed by atoms with Crippen molar-refractivity contribution in [3.8, 4) is 0 Å². The normalized spacial score (nSPS) is 10.7. The summed E-state index contributed by atoms with van der Waals surface area (Å²) >= 11 is 0. The number of hydrogen-bond acceptors (Lipinski definition) is 2. The molecule has 0 radical (unpaired) electrons. The van der Waals surface area contributed by atoms with Gasteiger partial charge in [0.1, 0.15) is 0 Å². The zero-order valence-electron chi connectivity index (χ0n) is 12.3. The number of nitrogens with one attached hydrogen (secondary N) is 1. The Bertz CT molecular complexity index is 717. The molecular weight excluding hydrogens is 256 g/mol. The molecule has 0 aliphatic heterocycles. The van der Waals surface area contributed by atoms with Crippen molar-refractivity contribution in [3.05, 3.63) is 71.9 Å². The van der Waals surface area contributed by atoms with Crippen LogP contribution in [0.25, 0.3) is 10.9 Å². The molecular formula is C19H20N2. The highest BCUT2D eigenvalue weighted by atomic mass is 14.9. The Hall–Kier alpha value is -2.35. The standard InChI is InChI=1S/C19H20N2/c1-2-5-15-8-11-17(12-9-15)20-14-18-13-10-16-6-3-4-7-19(16)21-18/h3-4,6-13,20H,2,5,14H2,1H3. The summed E-state index contributed by atoms with van der Waals surface area (Å²) in [7, 11) is 0. The Morgan fingerprint density at radius 3 is 2.52 bits per heavy atom. The van der Waals surface area contributed by atoms with Crippen molar-refractivity contribution in [1.29, 1.82) is 0 Å². The van der Waals surface area contributed by atoms with Gasteiger partial charge in [-0.1, -0.05) is 49.7 Å². The van der Waals surface area contributed by atoms with Gasteiger partial charge in [-0.3, -0.25) is 4.98 Å². The molecule has 0 aliphatic carbocycles. The SMILES string of the molecule is CCCc1ccc(NCc2ccc3ccccc3n2)cc1. The lowest BCUT2D eigenvalue weighted by Crippen LogP contribution is -2.01. The molecule has 106 valence electrons. The first-order chi connectivity index (χ1) is 10.3. The van der Waals surface area contributed by atoms with Crippen LogP contribution in [0.4, 0.5) is 5.69 Å². The molecule has 0 amide bonds. The number of para-hydroxylation sites is 1. The van der Waals surface area contributed by atoms with E-state index in [4.69, 9.17) is 0 Å². The second-order valence-electron chi connectivity index (χ2n) is 5.30. The number of fused-ring (bicyclic) bond motifs is 1. The number of aryl methyl sites for hydroxylation is 1. The van der Waals surface area contributed by atoms with Gasteiger partial charge in [0.05, 0.1) is 17.8 Å². The highest BCUT2D eigenvalue weighted by Crippen LogP contribution is 2.14. The van der Waals surface area contributed by atoms with E-state index in [-0.39, 0.29) is 0 Å². The summed E-state index contributed by atoms with van der Waals surface area (Å²) in [4.78, 5) is 4.67. The molecule has 2 heteroatoms. The molecule has 0 spiro atoms. The topological polar surface area (TPSA) is 24.9 Å². The monoisotopic (exact) mass is 276 g/mol. The molecule has 1 heterocycles. The molecule has 2 aromatic carbocycles. The van der Waals surface area contributed by atoms with Crippen LogP contribution in [0.15, 0.2) is 60.7 Å². The fourth-order valence-corrected chi connectivity index (χ4v) is 2.48. The molecule has 3 rings (SSSR count). The van der Waals surface area contributed by atoms with E-state index in [1.54, 1.807) is 0 Å². The van der Waals surface area contributed by atoms with E-state index in [0.717, 1.165) is 29.9 Å². The molecule has 0 bridgehead atoms. The minimum absolute atomic E-state index is 0.748. The maximum Gasteiger partial charge on any atom is 0.0706 e. The van der Waals surface area contributed by atoms with E-state index in [1.807, 2.05) is 12.1 Å². The molecule has 0 atom stereocenters. The fraction of sp³-hybridized carbons (Fsp3) is 0.211. The third kappa shape index (κ3) is 3.40. The molecule has 0 fully saturated rings. The van der Waals surface area contributed by atoms with Crippen LogP contribution in [0, 0.1) is 0 Å². The highest BCUT2D eigenvalue weighted by Gasteiger charge is 1.99. The van der Waals surface area contributed by atoms with Crippen molar-refractivity contribution >= 4 is 16.6 Å². The summed E-state index contributed by atoms with van der Waals surface area (Å²) in [5.41, 5.74) is 4.65. The Labute approximate surface area is 125 Å². The lowest BCUT2D eigenvalue weighted by atomic mass is 10.1. The predicted octanol–water partition coefficient (Wildman–Crippen LogP) is 4.80. The Kier molecular flexibility index (Phi) is 4.15. The molecule has 21 heavy (non-hydrogen) atoms. The third-order valence-corrected chi connectivity index (χ3v) is 3.62. The molecule has 1 aromatic heterocycles. The van der Waals surface area contributed by atoms with Crippen molar-refractivity contribution in [2.24, 2.45) is 0 Å². The molecule has 0 aliphatic rings. The van der Waals surface area contributed by atoms with Gasteiger partial charge in [-0.15, -0.1) is 0 Å². The second-order valence-corrected chi connectivity index (χ2v) is 5.30. The van der Waals surface area contributed by atoms with Crippen molar-refractivity contribution in [3.63, 3.8) is 0 Å². The van der Waals surface area contributed by atoms with E-state index in [1.165, 1.54) is 17.4 Å². The second kappa shape index (κ2) is 6.40. The third-order valence-electron chi connectivity index (χ3n) is 3.62.